The fraction of sp³-hybridized carbons (Fsp3) is 0.176. The van der Waals surface area contributed by atoms with E-state index in [0.717, 1.165) is 5.56 Å². The van der Waals surface area contributed by atoms with E-state index in [0.29, 0.717) is 5.75 Å². The van der Waals surface area contributed by atoms with E-state index in [4.69, 9.17) is 33.7 Å². The third kappa shape index (κ3) is 4.15. The number of carbonyl (C=O) groups excluding carboxylic acids is 2. The van der Waals surface area contributed by atoms with Crippen LogP contribution in [0.2, 0.25) is 10.0 Å². The highest BCUT2D eigenvalue weighted by Crippen LogP contribution is 2.33. The minimum atomic E-state index is -0.731. The molecule has 0 spiro atoms. The normalized spacial score (nSPS) is 10.2. The summed E-state index contributed by atoms with van der Waals surface area (Å²) in [6, 6.07) is 8.54. The number of benzene rings is 2. The van der Waals surface area contributed by atoms with Gasteiger partial charge in [-0.25, -0.2) is 4.79 Å². The molecule has 1 amide bonds. The first-order chi connectivity index (χ1) is 11.9. The number of nitrogen functional groups attached to an aromatic ring is 1. The van der Waals surface area contributed by atoms with Crippen LogP contribution in [0.1, 0.15) is 26.3 Å². The number of amides is 1. The van der Waals surface area contributed by atoms with Crippen LogP contribution in [0.3, 0.4) is 0 Å². The second-order valence-corrected chi connectivity index (χ2v) is 5.82. The average molecular weight is 383 g/mol. The summed E-state index contributed by atoms with van der Waals surface area (Å²) in [5.74, 6) is -0.523. The second-order valence-electron chi connectivity index (χ2n) is 5.03. The Morgan fingerprint density at radius 1 is 1.20 bits per heavy atom. The number of esters is 1. The van der Waals surface area contributed by atoms with E-state index in [2.05, 4.69) is 10.1 Å². The largest absolute Gasteiger partial charge is 0.497 e. The molecule has 0 heterocycles. The maximum Gasteiger partial charge on any atom is 0.340 e. The van der Waals surface area contributed by atoms with E-state index in [1.807, 2.05) is 12.1 Å². The SMILES string of the molecule is COC(=O)c1c(Cl)cc(C(=O)NCc2cccc(OC)c2)c(N)c1Cl. The number of anilines is 1. The van der Waals surface area contributed by atoms with Gasteiger partial charge in [0.2, 0.25) is 0 Å². The van der Waals surface area contributed by atoms with Gasteiger partial charge in [0.15, 0.2) is 0 Å². The quantitative estimate of drug-likeness (QED) is 0.611. The fourth-order valence-electron chi connectivity index (χ4n) is 2.17. The van der Waals surface area contributed by atoms with Crippen LogP contribution in [0.25, 0.3) is 0 Å². The zero-order chi connectivity index (χ0) is 18.6. The molecule has 132 valence electrons. The van der Waals surface area contributed by atoms with Crippen molar-refractivity contribution in [3.63, 3.8) is 0 Å². The van der Waals surface area contributed by atoms with Gasteiger partial charge in [-0.1, -0.05) is 35.3 Å². The zero-order valence-electron chi connectivity index (χ0n) is 13.6. The minimum Gasteiger partial charge on any atom is -0.497 e. The van der Waals surface area contributed by atoms with E-state index in [1.54, 1.807) is 19.2 Å². The van der Waals surface area contributed by atoms with E-state index in [-0.39, 0.29) is 33.4 Å². The number of nitrogens with two attached hydrogens (primary N) is 1. The standard InChI is InChI=1S/C17H16Cl2N2O4/c1-24-10-5-3-4-9(6-10)8-21-16(22)11-7-12(18)13(17(23)25-2)14(19)15(11)20/h3-7H,8,20H2,1-2H3,(H,21,22). The Bertz CT molecular complexity index is 825. The van der Waals surface area contributed by atoms with Crippen LogP contribution in [0, 0.1) is 0 Å². The smallest absolute Gasteiger partial charge is 0.340 e. The number of hydrogen-bond acceptors (Lipinski definition) is 5. The van der Waals surface area contributed by atoms with Crippen LogP contribution in [0.4, 0.5) is 5.69 Å². The Hall–Kier alpha value is -2.44. The summed E-state index contributed by atoms with van der Waals surface area (Å²) in [7, 11) is 2.76. The Balaban J connectivity index is 2.23. The van der Waals surface area contributed by atoms with Crippen molar-refractivity contribution in [2.24, 2.45) is 0 Å². The molecule has 0 aliphatic carbocycles. The van der Waals surface area contributed by atoms with Gasteiger partial charge in [-0.05, 0) is 23.8 Å². The maximum atomic E-state index is 12.4. The highest BCUT2D eigenvalue weighted by Gasteiger charge is 2.23. The van der Waals surface area contributed by atoms with Gasteiger partial charge in [0.1, 0.15) is 5.75 Å². The number of nitrogens with one attached hydrogen (secondary N) is 1. The summed E-state index contributed by atoms with van der Waals surface area (Å²) >= 11 is 12.1. The van der Waals surface area contributed by atoms with E-state index in [1.165, 1.54) is 13.2 Å². The molecule has 0 aliphatic rings. The zero-order valence-corrected chi connectivity index (χ0v) is 15.1. The first kappa shape index (κ1) is 18.9. The van der Waals surface area contributed by atoms with Crippen molar-refractivity contribution in [2.75, 3.05) is 20.0 Å². The maximum absolute atomic E-state index is 12.4. The van der Waals surface area contributed by atoms with Crippen LogP contribution in [0.15, 0.2) is 30.3 Å². The molecular weight excluding hydrogens is 367 g/mol. The molecule has 25 heavy (non-hydrogen) atoms. The van der Waals surface area contributed by atoms with Crippen molar-refractivity contribution in [3.8, 4) is 5.75 Å². The van der Waals surface area contributed by atoms with Gasteiger partial charge < -0.3 is 20.5 Å². The van der Waals surface area contributed by atoms with Crippen molar-refractivity contribution in [3.05, 3.63) is 57.1 Å². The van der Waals surface area contributed by atoms with Gasteiger partial charge >= 0.3 is 5.97 Å². The third-order valence-electron chi connectivity index (χ3n) is 3.48. The molecule has 0 saturated heterocycles. The van der Waals surface area contributed by atoms with Gasteiger partial charge in [-0.15, -0.1) is 0 Å². The number of ether oxygens (including phenoxy) is 2. The Labute approximate surface area is 154 Å². The first-order valence-electron chi connectivity index (χ1n) is 7.16. The number of carbonyl (C=O) groups is 2. The Morgan fingerprint density at radius 3 is 2.56 bits per heavy atom. The van der Waals surface area contributed by atoms with Crippen LogP contribution < -0.4 is 15.8 Å². The molecule has 8 heteroatoms. The van der Waals surface area contributed by atoms with Gasteiger partial charge in [0.25, 0.3) is 5.91 Å². The van der Waals surface area contributed by atoms with Crippen LogP contribution >= 0.6 is 23.2 Å². The van der Waals surface area contributed by atoms with Crippen molar-refractivity contribution < 1.29 is 19.1 Å². The van der Waals surface area contributed by atoms with Crippen molar-refractivity contribution in [1.29, 1.82) is 0 Å². The summed E-state index contributed by atoms with van der Waals surface area (Å²) in [5, 5.41) is 2.58. The third-order valence-corrected chi connectivity index (χ3v) is 4.17. The summed E-state index contributed by atoms with van der Waals surface area (Å²) < 4.78 is 9.74. The van der Waals surface area contributed by atoms with Gasteiger partial charge in [-0.3, -0.25) is 4.79 Å². The van der Waals surface area contributed by atoms with Crippen molar-refractivity contribution >= 4 is 40.8 Å². The lowest BCUT2D eigenvalue weighted by Gasteiger charge is -2.13. The van der Waals surface area contributed by atoms with Gasteiger partial charge in [-0.2, -0.15) is 0 Å². The number of halogens is 2. The molecule has 0 unspecified atom stereocenters. The average Bonchev–Trinajstić information content (AvgIpc) is 2.62. The molecule has 3 N–H and O–H groups in total. The second kappa shape index (κ2) is 8.09. The molecule has 0 atom stereocenters. The molecule has 0 bridgehead atoms. The number of methoxy groups -OCH3 is 2. The molecular formula is C17H16Cl2N2O4. The minimum absolute atomic E-state index is 0.0161. The van der Waals surface area contributed by atoms with Gasteiger partial charge in [0.05, 0.1) is 41.1 Å². The molecule has 0 fully saturated rings. The molecule has 2 aromatic carbocycles. The molecule has 0 saturated carbocycles. The summed E-state index contributed by atoms with van der Waals surface area (Å²) in [4.78, 5) is 24.1. The Morgan fingerprint density at radius 2 is 1.92 bits per heavy atom. The van der Waals surface area contributed by atoms with E-state index >= 15 is 0 Å². The lowest BCUT2D eigenvalue weighted by Crippen LogP contribution is -2.24. The highest BCUT2D eigenvalue weighted by molar-refractivity contribution is 6.41. The van der Waals surface area contributed by atoms with Crippen molar-refractivity contribution in [2.45, 2.75) is 6.54 Å². The van der Waals surface area contributed by atoms with Crippen LogP contribution in [-0.2, 0) is 11.3 Å². The predicted molar refractivity (Wildman–Crippen MR) is 96.4 cm³/mol. The van der Waals surface area contributed by atoms with Crippen molar-refractivity contribution in [1.82, 2.24) is 5.32 Å². The molecule has 2 aromatic rings. The monoisotopic (exact) mass is 382 g/mol. The predicted octanol–water partition coefficient (Wildman–Crippen LogP) is 3.30. The molecule has 0 aromatic heterocycles. The lowest BCUT2D eigenvalue weighted by molar-refractivity contribution is 0.0601. The topological polar surface area (TPSA) is 90.7 Å². The Kier molecular flexibility index (Phi) is 6.12. The molecule has 2 rings (SSSR count). The lowest BCUT2D eigenvalue weighted by atomic mass is 10.1. The summed E-state index contributed by atoms with van der Waals surface area (Å²) in [5.41, 5.74) is 6.68. The molecule has 0 aliphatic heterocycles. The number of rotatable bonds is 5. The van der Waals surface area contributed by atoms with Crippen LogP contribution in [-0.4, -0.2) is 26.1 Å². The molecule has 0 radical (unpaired) electrons. The van der Waals surface area contributed by atoms with E-state index < -0.39 is 11.9 Å². The summed E-state index contributed by atoms with van der Waals surface area (Å²) in [6.45, 7) is 0.253. The first-order valence-corrected chi connectivity index (χ1v) is 7.91. The van der Waals surface area contributed by atoms with Gasteiger partial charge in [0, 0.05) is 6.54 Å². The summed E-state index contributed by atoms with van der Waals surface area (Å²) in [6.07, 6.45) is 0. The fourth-order valence-corrected chi connectivity index (χ4v) is 2.78. The van der Waals surface area contributed by atoms with E-state index in [9.17, 15) is 9.59 Å². The number of hydrogen-bond donors (Lipinski definition) is 2. The highest BCUT2D eigenvalue weighted by atomic mass is 35.5. The van der Waals surface area contributed by atoms with Crippen LogP contribution in [0.5, 0.6) is 5.75 Å². The molecule has 6 nitrogen and oxygen atoms in total.